The summed E-state index contributed by atoms with van der Waals surface area (Å²) in [5, 5.41) is 0. The highest BCUT2D eigenvalue weighted by Crippen LogP contribution is 2.25. The van der Waals surface area contributed by atoms with Crippen molar-refractivity contribution in [3.8, 4) is 0 Å². The Balaban J connectivity index is 2.24. The predicted octanol–water partition coefficient (Wildman–Crippen LogP) is 1.87. The van der Waals surface area contributed by atoms with Crippen molar-refractivity contribution in [2.75, 3.05) is 6.61 Å². The maximum absolute atomic E-state index is 5.59. The van der Waals surface area contributed by atoms with Crippen molar-refractivity contribution >= 4 is 17.2 Å². The highest BCUT2D eigenvalue weighted by Gasteiger charge is 2.21. The second kappa shape index (κ2) is 4.77. The van der Waals surface area contributed by atoms with Gasteiger partial charge in [0, 0.05) is 0 Å². The summed E-state index contributed by atoms with van der Waals surface area (Å²) in [4.78, 5) is 0.466. The van der Waals surface area contributed by atoms with Crippen LogP contribution in [-0.2, 0) is 4.74 Å². The molecule has 3 heteroatoms. The van der Waals surface area contributed by atoms with Crippen molar-refractivity contribution in [1.82, 2.24) is 0 Å². The SMILES string of the molecule is CC1CCCCC1OCC(N)=S. The van der Waals surface area contributed by atoms with Crippen LogP contribution in [0.4, 0.5) is 0 Å². The average molecular weight is 187 g/mol. The zero-order valence-corrected chi connectivity index (χ0v) is 8.40. The van der Waals surface area contributed by atoms with Crippen LogP contribution in [0.2, 0.25) is 0 Å². The number of nitrogens with two attached hydrogens (primary N) is 1. The van der Waals surface area contributed by atoms with E-state index in [-0.39, 0.29) is 0 Å². The molecular formula is C9H17NOS. The maximum Gasteiger partial charge on any atom is 0.0989 e. The van der Waals surface area contributed by atoms with E-state index in [1.165, 1.54) is 25.7 Å². The molecular weight excluding hydrogens is 170 g/mol. The number of ether oxygens (including phenoxy) is 1. The van der Waals surface area contributed by atoms with Crippen LogP contribution in [0.3, 0.4) is 0 Å². The van der Waals surface area contributed by atoms with Crippen molar-refractivity contribution < 1.29 is 4.74 Å². The van der Waals surface area contributed by atoms with Crippen LogP contribution in [0.15, 0.2) is 0 Å². The van der Waals surface area contributed by atoms with E-state index in [0.29, 0.717) is 23.6 Å². The lowest BCUT2D eigenvalue weighted by Crippen LogP contribution is -2.29. The summed E-state index contributed by atoms with van der Waals surface area (Å²) in [5.41, 5.74) is 5.36. The lowest BCUT2D eigenvalue weighted by molar-refractivity contribution is 0.0160. The molecule has 0 radical (unpaired) electrons. The topological polar surface area (TPSA) is 35.2 Å². The van der Waals surface area contributed by atoms with Gasteiger partial charge in [0.2, 0.25) is 0 Å². The molecule has 1 fully saturated rings. The zero-order chi connectivity index (χ0) is 8.97. The molecule has 0 saturated heterocycles. The summed E-state index contributed by atoms with van der Waals surface area (Å²) in [7, 11) is 0. The van der Waals surface area contributed by atoms with Gasteiger partial charge in [0.1, 0.15) is 0 Å². The van der Waals surface area contributed by atoms with E-state index < -0.39 is 0 Å². The molecule has 0 amide bonds. The molecule has 12 heavy (non-hydrogen) atoms. The zero-order valence-electron chi connectivity index (χ0n) is 7.58. The lowest BCUT2D eigenvalue weighted by atomic mass is 9.88. The number of thiocarbonyl (C=S) groups is 1. The van der Waals surface area contributed by atoms with E-state index in [2.05, 4.69) is 6.92 Å². The first-order chi connectivity index (χ1) is 5.70. The molecule has 70 valence electrons. The van der Waals surface area contributed by atoms with Crippen molar-refractivity contribution in [3.05, 3.63) is 0 Å². The van der Waals surface area contributed by atoms with Gasteiger partial charge in [-0.15, -0.1) is 0 Å². The van der Waals surface area contributed by atoms with Gasteiger partial charge >= 0.3 is 0 Å². The second-order valence-electron chi connectivity index (χ2n) is 3.58. The van der Waals surface area contributed by atoms with Crippen LogP contribution in [0.1, 0.15) is 32.6 Å². The monoisotopic (exact) mass is 187 g/mol. The van der Waals surface area contributed by atoms with Gasteiger partial charge in [0.05, 0.1) is 17.7 Å². The standard InChI is InChI=1S/C9H17NOS/c1-7-4-2-3-5-8(7)11-6-9(10)12/h7-8H,2-6H2,1H3,(H2,10,12). The maximum atomic E-state index is 5.59. The molecule has 1 aliphatic carbocycles. The van der Waals surface area contributed by atoms with Crippen molar-refractivity contribution in [2.24, 2.45) is 11.7 Å². The predicted molar refractivity (Wildman–Crippen MR) is 54.2 cm³/mol. The summed E-state index contributed by atoms with van der Waals surface area (Å²) >= 11 is 4.76. The number of hydrogen-bond donors (Lipinski definition) is 1. The van der Waals surface area contributed by atoms with Crippen molar-refractivity contribution in [3.63, 3.8) is 0 Å². The molecule has 0 spiro atoms. The van der Waals surface area contributed by atoms with Crippen LogP contribution < -0.4 is 5.73 Å². The van der Waals surface area contributed by atoms with E-state index in [1.54, 1.807) is 0 Å². The van der Waals surface area contributed by atoms with Crippen LogP contribution >= 0.6 is 12.2 Å². The van der Waals surface area contributed by atoms with Gasteiger partial charge in [-0.05, 0) is 18.8 Å². The Kier molecular flexibility index (Phi) is 3.95. The normalized spacial score (nSPS) is 30.1. The van der Waals surface area contributed by atoms with Crippen LogP contribution in [0.25, 0.3) is 0 Å². The molecule has 0 aromatic heterocycles. The fourth-order valence-corrected chi connectivity index (χ4v) is 1.79. The molecule has 0 aromatic rings. The Labute approximate surface area is 79.5 Å². The minimum Gasteiger partial charge on any atom is -0.391 e. The minimum atomic E-state index is 0.389. The molecule has 1 rings (SSSR count). The second-order valence-corrected chi connectivity index (χ2v) is 4.10. The third-order valence-electron chi connectivity index (χ3n) is 2.47. The Bertz CT molecular complexity index is 161. The van der Waals surface area contributed by atoms with Gasteiger partial charge in [-0.2, -0.15) is 0 Å². The van der Waals surface area contributed by atoms with E-state index >= 15 is 0 Å². The molecule has 0 bridgehead atoms. The Hall–Kier alpha value is -0.150. The van der Waals surface area contributed by atoms with Gasteiger partial charge in [-0.1, -0.05) is 32.0 Å². The molecule has 2 N–H and O–H groups in total. The summed E-state index contributed by atoms with van der Waals surface area (Å²) in [6.07, 6.45) is 5.46. The van der Waals surface area contributed by atoms with E-state index in [1.807, 2.05) is 0 Å². The smallest absolute Gasteiger partial charge is 0.0989 e. The summed E-state index contributed by atoms with van der Waals surface area (Å²) in [6.45, 7) is 2.69. The Morgan fingerprint density at radius 1 is 1.50 bits per heavy atom. The van der Waals surface area contributed by atoms with Crippen LogP contribution in [0.5, 0.6) is 0 Å². The third kappa shape index (κ3) is 3.07. The molecule has 0 aromatic carbocycles. The highest BCUT2D eigenvalue weighted by molar-refractivity contribution is 7.80. The first-order valence-electron chi connectivity index (χ1n) is 4.60. The van der Waals surface area contributed by atoms with Crippen LogP contribution in [-0.4, -0.2) is 17.7 Å². The third-order valence-corrected chi connectivity index (χ3v) is 2.59. The average Bonchev–Trinajstić information content (AvgIpc) is 2.03. The number of rotatable bonds is 3. The summed E-state index contributed by atoms with van der Waals surface area (Å²) < 4.78 is 5.59. The van der Waals surface area contributed by atoms with E-state index in [0.717, 1.165) is 0 Å². The molecule has 1 aliphatic rings. The summed E-state index contributed by atoms with van der Waals surface area (Å²) in [6, 6.07) is 0. The molecule has 0 heterocycles. The van der Waals surface area contributed by atoms with E-state index in [9.17, 15) is 0 Å². The van der Waals surface area contributed by atoms with Gasteiger partial charge in [-0.25, -0.2) is 0 Å². The lowest BCUT2D eigenvalue weighted by Gasteiger charge is -2.28. The van der Waals surface area contributed by atoms with Crippen molar-refractivity contribution in [1.29, 1.82) is 0 Å². The minimum absolute atomic E-state index is 0.389. The van der Waals surface area contributed by atoms with E-state index in [4.69, 9.17) is 22.7 Å². The fraction of sp³-hybridized carbons (Fsp3) is 0.889. The molecule has 0 aliphatic heterocycles. The van der Waals surface area contributed by atoms with Gasteiger partial charge in [0.25, 0.3) is 0 Å². The quantitative estimate of drug-likeness (QED) is 0.685. The van der Waals surface area contributed by atoms with Crippen molar-refractivity contribution in [2.45, 2.75) is 38.7 Å². The Morgan fingerprint density at radius 2 is 2.17 bits per heavy atom. The van der Waals surface area contributed by atoms with Gasteiger partial charge in [-0.3, -0.25) is 0 Å². The fourth-order valence-electron chi connectivity index (χ4n) is 1.72. The van der Waals surface area contributed by atoms with Gasteiger partial charge in [0.15, 0.2) is 0 Å². The highest BCUT2D eigenvalue weighted by atomic mass is 32.1. The molecule has 2 atom stereocenters. The number of hydrogen-bond acceptors (Lipinski definition) is 2. The first-order valence-corrected chi connectivity index (χ1v) is 5.01. The molecule has 2 nitrogen and oxygen atoms in total. The first kappa shape index (κ1) is 9.93. The summed E-state index contributed by atoms with van der Waals surface area (Å²) in [5.74, 6) is 0.674. The Morgan fingerprint density at radius 3 is 2.75 bits per heavy atom. The van der Waals surface area contributed by atoms with Crippen LogP contribution in [0, 0.1) is 5.92 Å². The largest absolute Gasteiger partial charge is 0.391 e. The molecule has 2 unspecified atom stereocenters. The van der Waals surface area contributed by atoms with Gasteiger partial charge < -0.3 is 10.5 Å². The molecule has 1 saturated carbocycles.